The molecule has 0 saturated carbocycles. The van der Waals surface area contributed by atoms with Crippen LogP contribution in [0.15, 0.2) is 0 Å². The van der Waals surface area contributed by atoms with E-state index >= 15 is 0 Å². The molecule has 0 bridgehead atoms. The molecule has 0 aromatic heterocycles. The van der Waals surface area contributed by atoms with Gasteiger partial charge in [-0.05, 0) is 20.4 Å². The Hall–Kier alpha value is -0.120. The smallest absolute Gasteiger partial charge is 0.133 e. The Morgan fingerprint density at radius 3 is 2.11 bits per heavy atom. The lowest BCUT2D eigenvalue weighted by Crippen LogP contribution is -2.46. The van der Waals surface area contributed by atoms with Crippen molar-refractivity contribution in [3.63, 3.8) is 0 Å². The van der Waals surface area contributed by atoms with Crippen molar-refractivity contribution in [1.29, 1.82) is 0 Å². The van der Waals surface area contributed by atoms with Crippen LogP contribution in [0.4, 0.5) is 0 Å². The summed E-state index contributed by atoms with van der Waals surface area (Å²) in [6.45, 7) is 5.64. The van der Waals surface area contributed by atoms with Crippen molar-refractivity contribution >= 4 is 0 Å². The van der Waals surface area contributed by atoms with Crippen LogP contribution >= 0.6 is 0 Å². The summed E-state index contributed by atoms with van der Waals surface area (Å²) in [7, 11) is 0. The molecule has 0 aliphatic carbocycles. The predicted molar refractivity (Wildman–Crippen MR) is 36.0 cm³/mol. The molecule has 0 radical (unpaired) electrons. The van der Waals surface area contributed by atoms with E-state index in [-0.39, 0.29) is 0 Å². The van der Waals surface area contributed by atoms with Crippen molar-refractivity contribution in [3.05, 3.63) is 0 Å². The number of hydrogen-bond donors (Lipinski definition) is 3. The number of nitrogens with one attached hydrogen (secondary N) is 1. The Labute approximate surface area is 55.7 Å². The van der Waals surface area contributed by atoms with Crippen molar-refractivity contribution < 1.29 is 10.2 Å². The minimum absolute atomic E-state index is 0.658. The summed E-state index contributed by atoms with van der Waals surface area (Å²) in [5.41, 5.74) is -1.05. The van der Waals surface area contributed by atoms with E-state index in [1.807, 2.05) is 6.92 Å². The number of aliphatic hydroxyl groups is 2. The molecule has 0 heterocycles. The fraction of sp³-hybridized carbons (Fsp3) is 1.00. The summed E-state index contributed by atoms with van der Waals surface area (Å²) in [5, 5.41) is 20.8. The molecule has 0 aromatic carbocycles. The van der Waals surface area contributed by atoms with E-state index in [9.17, 15) is 0 Å². The third kappa shape index (κ3) is 3.46. The molecule has 0 spiro atoms. The molecule has 3 nitrogen and oxygen atoms in total. The molecule has 0 rings (SSSR count). The number of aliphatic hydroxyl groups excluding tert-OH is 1. The maximum atomic E-state index is 9.10. The van der Waals surface area contributed by atoms with Gasteiger partial charge in [-0.3, -0.25) is 5.32 Å². The molecule has 0 aromatic rings. The van der Waals surface area contributed by atoms with Gasteiger partial charge in [0.15, 0.2) is 0 Å². The number of likely N-dealkylation sites (N-methyl/N-ethyl adjacent to an activating group) is 1. The van der Waals surface area contributed by atoms with Crippen LogP contribution in [-0.2, 0) is 0 Å². The van der Waals surface area contributed by atoms with Gasteiger partial charge in [-0.25, -0.2) is 0 Å². The van der Waals surface area contributed by atoms with Crippen molar-refractivity contribution in [2.24, 2.45) is 0 Å². The second kappa shape index (κ2) is 3.15. The minimum atomic E-state index is -1.05. The van der Waals surface area contributed by atoms with E-state index in [2.05, 4.69) is 5.32 Å². The van der Waals surface area contributed by atoms with Gasteiger partial charge in [-0.2, -0.15) is 0 Å². The highest BCUT2D eigenvalue weighted by Gasteiger charge is 2.22. The van der Waals surface area contributed by atoms with E-state index in [4.69, 9.17) is 10.2 Å². The van der Waals surface area contributed by atoms with Crippen LogP contribution in [0.5, 0.6) is 0 Å². The van der Waals surface area contributed by atoms with Crippen LogP contribution in [0.2, 0.25) is 0 Å². The lowest BCUT2D eigenvalue weighted by Gasteiger charge is -2.24. The molecule has 0 saturated heterocycles. The highest BCUT2D eigenvalue weighted by molar-refractivity contribution is 4.72. The monoisotopic (exact) mass is 133 g/mol. The Kier molecular flexibility index (Phi) is 3.11. The molecule has 1 unspecified atom stereocenters. The zero-order valence-electron chi connectivity index (χ0n) is 6.18. The first kappa shape index (κ1) is 8.88. The second-order valence-corrected chi connectivity index (χ2v) is 2.61. The Morgan fingerprint density at radius 1 is 1.56 bits per heavy atom. The first-order valence-electron chi connectivity index (χ1n) is 3.12. The third-order valence-electron chi connectivity index (χ3n) is 1.07. The molecule has 0 aliphatic heterocycles. The van der Waals surface area contributed by atoms with Gasteiger partial charge in [0.2, 0.25) is 0 Å². The zero-order chi connectivity index (χ0) is 7.49. The van der Waals surface area contributed by atoms with Gasteiger partial charge in [0.05, 0.1) is 5.60 Å². The lowest BCUT2D eigenvalue weighted by molar-refractivity contribution is -0.0637. The van der Waals surface area contributed by atoms with Crippen LogP contribution in [0.1, 0.15) is 20.8 Å². The molecule has 1 atom stereocenters. The standard InChI is InChI=1S/C6H15NO2/c1-4-7-5(8)6(2,3)9/h5,7-9H,4H2,1-3H3. The van der Waals surface area contributed by atoms with Crippen molar-refractivity contribution in [1.82, 2.24) is 5.32 Å². The zero-order valence-corrected chi connectivity index (χ0v) is 6.18. The third-order valence-corrected chi connectivity index (χ3v) is 1.07. The van der Waals surface area contributed by atoms with Gasteiger partial charge in [0.1, 0.15) is 6.23 Å². The van der Waals surface area contributed by atoms with E-state index in [1.165, 1.54) is 0 Å². The molecular weight excluding hydrogens is 118 g/mol. The van der Waals surface area contributed by atoms with Crippen LogP contribution in [0.25, 0.3) is 0 Å². The van der Waals surface area contributed by atoms with E-state index in [0.717, 1.165) is 0 Å². The summed E-state index contributed by atoms with van der Waals surface area (Å²) >= 11 is 0. The van der Waals surface area contributed by atoms with Crippen molar-refractivity contribution in [2.45, 2.75) is 32.6 Å². The highest BCUT2D eigenvalue weighted by atomic mass is 16.4. The SMILES string of the molecule is CCNC(O)C(C)(C)O. The summed E-state index contributed by atoms with van der Waals surface area (Å²) in [6, 6.07) is 0. The fourth-order valence-corrected chi connectivity index (χ4v) is 0.443. The van der Waals surface area contributed by atoms with Gasteiger partial charge in [-0.15, -0.1) is 0 Å². The first-order chi connectivity index (χ1) is 3.98. The fourth-order valence-electron chi connectivity index (χ4n) is 0.443. The first-order valence-corrected chi connectivity index (χ1v) is 3.12. The number of hydrogen-bond acceptors (Lipinski definition) is 3. The summed E-state index contributed by atoms with van der Waals surface area (Å²) in [4.78, 5) is 0. The normalized spacial score (nSPS) is 15.7. The van der Waals surface area contributed by atoms with Gasteiger partial charge in [0, 0.05) is 0 Å². The highest BCUT2D eigenvalue weighted by Crippen LogP contribution is 2.03. The molecular formula is C6H15NO2. The molecule has 3 N–H and O–H groups in total. The van der Waals surface area contributed by atoms with Crippen molar-refractivity contribution in [3.8, 4) is 0 Å². The van der Waals surface area contributed by atoms with E-state index in [0.29, 0.717) is 6.54 Å². The molecule has 0 aliphatic rings. The van der Waals surface area contributed by atoms with Crippen LogP contribution in [0.3, 0.4) is 0 Å². The van der Waals surface area contributed by atoms with Crippen molar-refractivity contribution in [2.75, 3.05) is 6.54 Å². The Morgan fingerprint density at radius 2 is 2.00 bits per heavy atom. The van der Waals surface area contributed by atoms with Gasteiger partial charge < -0.3 is 10.2 Å². The second-order valence-electron chi connectivity index (χ2n) is 2.61. The summed E-state index contributed by atoms with van der Waals surface area (Å²) in [5.74, 6) is 0. The molecule has 3 heteroatoms. The van der Waals surface area contributed by atoms with Gasteiger partial charge in [-0.1, -0.05) is 6.92 Å². The van der Waals surface area contributed by atoms with Crippen LogP contribution < -0.4 is 5.32 Å². The lowest BCUT2D eigenvalue weighted by atomic mass is 10.1. The van der Waals surface area contributed by atoms with E-state index < -0.39 is 11.8 Å². The topological polar surface area (TPSA) is 52.5 Å². The van der Waals surface area contributed by atoms with Gasteiger partial charge >= 0.3 is 0 Å². The Bertz CT molecular complexity index is 77.6. The minimum Gasteiger partial charge on any atom is -0.386 e. The largest absolute Gasteiger partial charge is 0.386 e. The van der Waals surface area contributed by atoms with E-state index in [1.54, 1.807) is 13.8 Å². The molecule has 9 heavy (non-hydrogen) atoms. The molecule has 0 fully saturated rings. The maximum Gasteiger partial charge on any atom is 0.133 e. The average molecular weight is 133 g/mol. The van der Waals surface area contributed by atoms with Gasteiger partial charge in [0.25, 0.3) is 0 Å². The quantitative estimate of drug-likeness (QED) is 0.463. The Balaban J connectivity index is 3.59. The summed E-state index contributed by atoms with van der Waals surface area (Å²) < 4.78 is 0. The van der Waals surface area contributed by atoms with Crippen LogP contribution in [-0.4, -0.2) is 28.6 Å². The maximum absolute atomic E-state index is 9.10. The molecule has 56 valence electrons. The van der Waals surface area contributed by atoms with Crippen LogP contribution in [0, 0.1) is 0 Å². The predicted octanol–water partition coefficient (Wildman–Crippen LogP) is -0.315. The number of rotatable bonds is 3. The summed E-state index contributed by atoms with van der Waals surface area (Å²) in [6.07, 6.45) is -0.831. The molecule has 0 amide bonds. The average Bonchev–Trinajstić information content (AvgIpc) is 1.64.